The van der Waals surface area contributed by atoms with Gasteiger partial charge in [0.1, 0.15) is 5.54 Å². The van der Waals surface area contributed by atoms with Crippen LogP contribution in [0.15, 0.2) is 0 Å². The van der Waals surface area contributed by atoms with E-state index in [4.69, 9.17) is 10.3 Å². The number of nitrogens with two attached hydrogens (primary N) is 1. The number of rotatable bonds is 7. The molecule has 1 rings (SSSR count). The Balaban J connectivity index is 2.88. The standard InChI is InChI=1S/C14H24F4N2O5S/c1-10(2,3)13(19,8-11(4,5)20-8)9(21)25-7-6-12(15,16)14(17,18)26(22,23)24/h8,20H,6-7,19H2,1-5H3,(H,22,23,24). The van der Waals surface area contributed by atoms with Gasteiger partial charge >= 0.3 is 27.3 Å². The average molecular weight is 408 g/mol. The SMILES string of the molecule is CC1(C)NC1C(N)(C(=O)OCCC(F)(F)C(F)(F)S(=O)(=O)O)C(C)(C)C. The van der Waals surface area contributed by atoms with Crippen LogP contribution in [0.5, 0.6) is 0 Å². The molecule has 1 saturated heterocycles. The van der Waals surface area contributed by atoms with E-state index in [-0.39, 0.29) is 0 Å². The van der Waals surface area contributed by atoms with Crippen LogP contribution < -0.4 is 11.1 Å². The topological polar surface area (TPSA) is 129 Å². The van der Waals surface area contributed by atoms with Gasteiger partial charge in [0.25, 0.3) is 0 Å². The number of ether oxygens (including phenoxy) is 1. The predicted molar refractivity (Wildman–Crippen MR) is 84.4 cm³/mol. The van der Waals surface area contributed by atoms with Gasteiger partial charge < -0.3 is 15.8 Å². The van der Waals surface area contributed by atoms with Crippen molar-refractivity contribution in [2.24, 2.45) is 11.1 Å². The molecule has 1 aliphatic rings. The maximum atomic E-state index is 13.4. The molecule has 0 aromatic rings. The van der Waals surface area contributed by atoms with Crippen molar-refractivity contribution in [3.05, 3.63) is 0 Å². The zero-order chi connectivity index (χ0) is 21.0. The quantitative estimate of drug-likeness (QED) is 0.252. The fourth-order valence-electron chi connectivity index (χ4n) is 2.60. The summed E-state index contributed by atoms with van der Waals surface area (Å²) in [7, 11) is -6.34. The van der Waals surface area contributed by atoms with Gasteiger partial charge in [-0.25, -0.2) is 4.79 Å². The van der Waals surface area contributed by atoms with Crippen molar-refractivity contribution in [1.82, 2.24) is 5.32 Å². The van der Waals surface area contributed by atoms with Crippen molar-refractivity contribution < 1.29 is 40.1 Å². The maximum Gasteiger partial charge on any atom is 0.431 e. The Morgan fingerprint density at radius 1 is 1.23 bits per heavy atom. The molecule has 0 aromatic carbocycles. The van der Waals surface area contributed by atoms with Gasteiger partial charge in [-0.15, -0.1) is 0 Å². The van der Waals surface area contributed by atoms with Crippen LogP contribution in [0.2, 0.25) is 0 Å². The lowest BCUT2D eigenvalue weighted by Crippen LogP contribution is -2.64. The highest BCUT2D eigenvalue weighted by Crippen LogP contribution is 2.44. The molecule has 1 fully saturated rings. The first-order valence-corrected chi connectivity index (χ1v) is 9.12. The lowest BCUT2D eigenvalue weighted by atomic mass is 9.69. The molecule has 154 valence electrons. The maximum absolute atomic E-state index is 13.4. The lowest BCUT2D eigenvalue weighted by Gasteiger charge is -2.39. The van der Waals surface area contributed by atoms with Crippen molar-refractivity contribution in [2.75, 3.05) is 6.61 Å². The van der Waals surface area contributed by atoms with Crippen LogP contribution >= 0.6 is 0 Å². The zero-order valence-electron chi connectivity index (χ0n) is 15.1. The Morgan fingerprint density at radius 2 is 1.65 bits per heavy atom. The van der Waals surface area contributed by atoms with E-state index in [0.717, 1.165) is 0 Å². The van der Waals surface area contributed by atoms with Crippen molar-refractivity contribution in [3.8, 4) is 0 Å². The third-order valence-corrected chi connectivity index (χ3v) is 5.53. The van der Waals surface area contributed by atoms with Crippen LogP contribution in [-0.4, -0.2) is 53.8 Å². The number of carbonyl (C=O) groups excluding carboxylic acids is 1. The van der Waals surface area contributed by atoms with Gasteiger partial charge in [0.2, 0.25) is 0 Å². The minimum Gasteiger partial charge on any atom is -0.464 e. The van der Waals surface area contributed by atoms with Gasteiger partial charge in [-0.1, -0.05) is 20.8 Å². The van der Waals surface area contributed by atoms with Crippen LogP contribution in [-0.2, 0) is 19.6 Å². The lowest BCUT2D eigenvalue weighted by molar-refractivity contribution is -0.178. The van der Waals surface area contributed by atoms with Gasteiger partial charge in [0, 0.05) is 5.54 Å². The minimum absolute atomic E-state index is 0.511. The van der Waals surface area contributed by atoms with Crippen LogP contribution in [0.3, 0.4) is 0 Å². The second-order valence-electron chi connectivity index (χ2n) is 8.00. The summed E-state index contributed by atoms with van der Waals surface area (Å²) in [5, 5.41) is -2.73. The Labute approximate surface area is 149 Å². The van der Waals surface area contributed by atoms with Crippen molar-refractivity contribution in [2.45, 2.75) is 69.3 Å². The van der Waals surface area contributed by atoms with Gasteiger partial charge in [-0.2, -0.15) is 26.0 Å². The highest BCUT2D eigenvalue weighted by Gasteiger charge is 2.66. The first kappa shape index (κ1) is 23.1. The molecule has 12 heteroatoms. The molecule has 0 spiro atoms. The monoisotopic (exact) mass is 408 g/mol. The molecule has 0 aromatic heterocycles. The number of esters is 1. The molecule has 4 N–H and O–H groups in total. The van der Waals surface area contributed by atoms with Crippen molar-refractivity contribution >= 4 is 16.1 Å². The Bertz CT molecular complexity index is 675. The zero-order valence-corrected chi connectivity index (χ0v) is 15.9. The number of hydrogen-bond acceptors (Lipinski definition) is 6. The van der Waals surface area contributed by atoms with E-state index in [9.17, 15) is 30.8 Å². The largest absolute Gasteiger partial charge is 0.464 e. The van der Waals surface area contributed by atoms with Crippen molar-refractivity contribution in [1.29, 1.82) is 0 Å². The normalized spacial score (nSPS) is 23.3. The van der Waals surface area contributed by atoms with E-state index < -0.39 is 62.8 Å². The molecule has 0 aliphatic carbocycles. The summed E-state index contributed by atoms with van der Waals surface area (Å²) in [6.45, 7) is 7.21. The van der Waals surface area contributed by atoms with Gasteiger partial charge in [-0.05, 0) is 19.3 Å². The Morgan fingerprint density at radius 3 is 1.96 bits per heavy atom. The van der Waals surface area contributed by atoms with E-state index in [0.29, 0.717) is 0 Å². The molecule has 0 radical (unpaired) electrons. The van der Waals surface area contributed by atoms with E-state index in [2.05, 4.69) is 10.1 Å². The van der Waals surface area contributed by atoms with E-state index in [1.165, 1.54) is 0 Å². The second kappa shape index (κ2) is 6.28. The summed E-state index contributed by atoms with van der Waals surface area (Å²) in [5.41, 5.74) is 3.18. The average Bonchev–Trinajstić information content (AvgIpc) is 3.03. The van der Waals surface area contributed by atoms with E-state index in [1.54, 1.807) is 34.6 Å². The second-order valence-corrected chi connectivity index (χ2v) is 9.46. The summed E-state index contributed by atoms with van der Waals surface area (Å²) in [4.78, 5) is 12.4. The molecule has 0 amide bonds. The molecule has 26 heavy (non-hydrogen) atoms. The highest BCUT2D eigenvalue weighted by molar-refractivity contribution is 7.87. The predicted octanol–water partition coefficient (Wildman–Crippen LogP) is 1.53. The summed E-state index contributed by atoms with van der Waals surface area (Å²) in [6.07, 6.45) is -1.81. The van der Waals surface area contributed by atoms with Crippen LogP contribution in [0.4, 0.5) is 17.6 Å². The number of halogens is 4. The van der Waals surface area contributed by atoms with Gasteiger partial charge in [0.05, 0.1) is 19.1 Å². The summed E-state index contributed by atoms with van der Waals surface area (Å²) >= 11 is 0. The minimum atomic E-state index is -6.34. The molecular formula is C14H24F4N2O5S. The fourth-order valence-corrected chi connectivity index (χ4v) is 3.08. The van der Waals surface area contributed by atoms with E-state index in [1.807, 2.05) is 0 Å². The molecule has 2 unspecified atom stereocenters. The number of alkyl halides is 4. The Hall–Kier alpha value is -0.980. The summed E-state index contributed by atoms with van der Waals surface area (Å²) in [5.74, 6) is -6.23. The molecule has 2 atom stereocenters. The molecule has 0 bridgehead atoms. The Kier molecular flexibility index (Phi) is 5.57. The third-order valence-electron chi connectivity index (χ3n) is 4.59. The highest BCUT2D eigenvalue weighted by atomic mass is 32.2. The smallest absolute Gasteiger partial charge is 0.431 e. The first-order chi connectivity index (χ1) is 11.2. The summed E-state index contributed by atoms with van der Waals surface area (Å²) < 4.78 is 87.0. The number of carbonyl (C=O) groups is 1. The van der Waals surface area contributed by atoms with Crippen LogP contribution in [0, 0.1) is 5.41 Å². The molecule has 0 saturated carbocycles. The first-order valence-electron chi connectivity index (χ1n) is 7.68. The third kappa shape index (κ3) is 3.82. The van der Waals surface area contributed by atoms with E-state index >= 15 is 0 Å². The molecule has 1 aliphatic heterocycles. The molecular weight excluding hydrogens is 384 g/mol. The fraction of sp³-hybridized carbons (Fsp3) is 0.929. The van der Waals surface area contributed by atoms with Crippen molar-refractivity contribution in [3.63, 3.8) is 0 Å². The van der Waals surface area contributed by atoms with Crippen LogP contribution in [0.1, 0.15) is 41.0 Å². The van der Waals surface area contributed by atoms with Crippen LogP contribution in [0.25, 0.3) is 0 Å². The number of nitrogens with one attached hydrogen (secondary N) is 1. The number of hydrogen-bond donors (Lipinski definition) is 3. The van der Waals surface area contributed by atoms with Gasteiger partial charge in [-0.3, -0.25) is 4.55 Å². The molecule has 7 nitrogen and oxygen atoms in total. The van der Waals surface area contributed by atoms with Gasteiger partial charge in [0.15, 0.2) is 0 Å². The molecule has 1 heterocycles. The summed E-state index contributed by atoms with van der Waals surface area (Å²) in [6, 6.07) is -0.540.